The largest absolute Gasteiger partial charge is 0.393 e. The third kappa shape index (κ3) is 7.95. The number of hydrogen-bond donors (Lipinski definition) is 2. The zero-order chi connectivity index (χ0) is 10.3. The topological polar surface area (TPSA) is 66.4 Å². The molecule has 0 fully saturated rings. The molecule has 0 saturated heterocycles. The van der Waals surface area contributed by atoms with Gasteiger partial charge in [0.2, 0.25) is 10.0 Å². The Morgan fingerprint density at radius 1 is 1.62 bits per heavy atom. The lowest BCUT2D eigenvalue weighted by molar-refractivity contribution is 0.182. The summed E-state index contributed by atoms with van der Waals surface area (Å²) in [5, 5.41) is 8.89. The van der Waals surface area contributed by atoms with Gasteiger partial charge in [0.1, 0.15) is 0 Å². The highest BCUT2D eigenvalue weighted by Crippen LogP contribution is 1.94. The molecule has 0 saturated carbocycles. The molecule has 5 heteroatoms. The van der Waals surface area contributed by atoms with Gasteiger partial charge in [-0.15, -0.1) is 6.58 Å². The van der Waals surface area contributed by atoms with Crippen LogP contribution in [0.15, 0.2) is 12.7 Å². The maximum Gasteiger partial charge on any atom is 0.215 e. The van der Waals surface area contributed by atoms with E-state index in [1.54, 1.807) is 6.92 Å². The smallest absolute Gasteiger partial charge is 0.215 e. The Kier molecular flexibility index (Phi) is 5.94. The zero-order valence-electron chi connectivity index (χ0n) is 7.86. The first-order valence-corrected chi connectivity index (χ1v) is 5.89. The molecule has 0 heterocycles. The summed E-state index contributed by atoms with van der Waals surface area (Å²) in [6.45, 7) is 5.40. The first-order valence-electron chi connectivity index (χ1n) is 4.24. The molecule has 2 N–H and O–H groups in total. The summed E-state index contributed by atoms with van der Waals surface area (Å²) in [6, 6.07) is 0. The van der Waals surface area contributed by atoms with Crippen molar-refractivity contribution in [2.45, 2.75) is 25.9 Å². The lowest BCUT2D eigenvalue weighted by atomic mass is 10.2. The van der Waals surface area contributed by atoms with Crippen LogP contribution in [0, 0.1) is 0 Å². The number of sulfonamides is 1. The molecule has 13 heavy (non-hydrogen) atoms. The van der Waals surface area contributed by atoms with Crippen LogP contribution in [0.4, 0.5) is 0 Å². The van der Waals surface area contributed by atoms with Gasteiger partial charge in [-0.1, -0.05) is 6.08 Å². The average molecular weight is 207 g/mol. The quantitative estimate of drug-likeness (QED) is 0.464. The Morgan fingerprint density at radius 2 is 2.23 bits per heavy atom. The molecule has 1 atom stereocenters. The Morgan fingerprint density at radius 3 is 2.69 bits per heavy atom. The first-order chi connectivity index (χ1) is 5.98. The molecule has 0 rings (SSSR count). The van der Waals surface area contributed by atoms with Crippen LogP contribution >= 0.6 is 0 Å². The van der Waals surface area contributed by atoms with Crippen LogP contribution in [0.25, 0.3) is 0 Å². The average Bonchev–Trinajstić information content (AvgIpc) is 1.98. The fourth-order valence-corrected chi connectivity index (χ4v) is 1.72. The van der Waals surface area contributed by atoms with Crippen molar-refractivity contribution in [3.63, 3.8) is 0 Å². The van der Waals surface area contributed by atoms with Crippen LogP contribution in [0.3, 0.4) is 0 Å². The van der Waals surface area contributed by atoms with Gasteiger partial charge >= 0.3 is 0 Å². The highest BCUT2D eigenvalue weighted by molar-refractivity contribution is 7.89. The van der Waals surface area contributed by atoms with Crippen LogP contribution in [-0.4, -0.2) is 31.9 Å². The van der Waals surface area contributed by atoms with E-state index in [-0.39, 0.29) is 11.9 Å². The van der Waals surface area contributed by atoms with Crippen LogP contribution in [0.2, 0.25) is 0 Å². The summed E-state index contributed by atoms with van der Waals surface area (Å²) in [5.74, 6) is -0.0539. The van der Waals surface area contributed by atoms with Crippen molar-refractivity contribution in [2.75, 3.05) is 12.3 Å². The minimum absolute atomic E-state index is 0.0539. The molecule has 0 aromatic heterocycles. The van der Waals surface area contributed by atoms with E-state index in [2.05, 4.69) is 11.3 Å². The van der Waals surface area contributed by atoms with Crippen LogP contribution in [-0.2, 0) is 10.0 Å². The molecule has 0 aromatic rings. The van der Waals surface area contributed by atoms with E-state index in [1.807, 2.05) is 0 Å². The second-order valence-electron chi connectivity index (χ2n) is 2.96. The lowest BCUT2D eigenvalue weighted by Gasteiger charge is -2.05. The van der Waals surface area contributed by atoms with Gasteiger partial charge in [0.15, 0.2) is 0 Å². The third-order valence-electron chi connectivity index (χ3n) is 1.46. The summed E-state index contributed by atoms with van der Waals surface area (Å²) in [7, 11) is -3.18. The second-order valence-corrected chi connectivity index (χ2v) is 4.81. The van der Waals surface area contributed by atoms with Crippen molar-refractivity contribution < 1.29 is 13.5 Å². The molecule has 0 spiro atoms. The Hall–Kier alpha value is -0.390. The first kappa shape index (κ1) is 12.6. The number of rotatable bonds is 7. The number of nitrogens with one attached hydrogen (secondary N) is 1. The summed E-state index contributed by atoms with van der Waals surface area (Å²) in [6.07, 6.45) is 2.23. The standard InChI is InChI=1S/C8H17NO3S/c1-3-7-13(11,12)9-6-4-5-8(2)10/h3,8-10H,1,4-7H2,2H3. The van der Waals surface area contributed by atoms with Gasteiger partial charge in [0.25, 0.3) is 0 Å². The molecular weight excluding hydrogens is 190 g/mol. The summed E-state index contributed by atoms with van der Waals surface area (Å²) < 4.78 is 24.5. The van der Waals surface area contributed by atoms with Gasteiger partial charge in [0, 0.05) is 6.54 Å². The molecule has 0 aliphatic rings. The zero-order valence-corrected chi connectivity index (χ0v) is 8.68. The van der Waals surface area contributed by atoms with Crippen molar-refractivity contribution in [1.29, 1.82) is 0 Å². The third-order valence-corrected chi connectivity index (χ3v) is 2.78. The van der Waals surface area contributed by atoms with E-state index in [0.29, 0.717) is 19.4 Å². The maximum absolute atomic E-state index is 11.0. The van der Waals surface area contributed by atoms with Gasteiger partial charge < -0.3 is 5.11 Å². The van der Waals surface area contributed by atoms with E-state index in [9.17, 15) is 8.42 Å². The fraction of sp³-hybridized carbons (Fsp3) is 0.750. The minimum atomic E-state index is -3.18. The van der Waals surface area contributed by atoms with Gasteiger partial charge in [0.05, 0.1) is 11.9 Å². The van der Waals surface area contributed by atoms with Crippen LogP contribution in [0.1, 0.15) is 19.8 Å². The predicted octanol–water partition coefficient (Wildman–Crippen LogP) is 0.253. The SMILES string of the molecule is C=CCS(=O)(=O)NCCCC(C)O. The van der Waals surface area contributed by atoms with Crippen LogP contribution in [0.5, 0.6) is 0 Å². The van der Waals surface area contributed by atoms with Crippen molar-refractivity contribution >= 4 is 10.0 Å². The van der Waals surface area contributed by atoms with Crippen molar-refractivity contribution in [3.05, 3.63) is 12.7 Å². The van der Waals surface area contributed by atoms with E-state index in [0.717, 1.165) is 0 Å². The van der Waals surface area contributed by atoms with Crippen molar-refractivity contribution in [3.8, 4) is 0 Å². The van der Waals surface area contributed by atoms with Gasteiger partial charge in [-0.3, -0.25) is 0 Å². The fourth-order valence-electron chi connectivity index (χ4n) is 0.839. The van der Waals surface area contributed by atoms with Gasteiger partial charge in [-0.05, 0) is 19.8 Å². The molecule has 78 valence electrons. The Bertz CT molecular complexity index is 234. The molecule has 0 aliphatic carbocycles. The predicted molar refractivity (Wildman–Crippen MR) is 52.9 cm³/mol. The van der Waals surface area contributed by atoms with E-state index < -0.39 is 10.0 Å². The summed E-state index contributed by atoms with van der Waals surface area (Å²) in [4.78, 5) is 0. The van der Waals surface area contributed by atoms with Crippen LogP contribution < -0.4 is 4.72 Å². The molecule has 0 radical (unpaired) electrons. The van der Waals surface area contributed by atoms with Crippen molar-refractivity contribution in [1.82, 2.24) is 4.72 Å². The van der Waals surface area contributed by atoms with Crippen molar-refractivity contribution in [2.24, 2.45) is 0 Å². The molecule has 0 aromatic carbocycles. The monoisotopic (exact) mass is 207 g/mol. The minimum Gasteiger partial charge on any atom is -0.393 e. The number of aliphatic hydroxyl groups is 1. The van der Waals surface area contributed by atoms with E-state index in [4.69, 9.17) is 5.11 Å². The van der Waals surface area contributed by atoms with Gasteiger partial charge in [-0.2, -0.15) is 0 Å². The summed E-state index contributed by atoms with van der Waals surface area (Å²) >= 11 is 0. The number of hydrogen-bond acceptors (Lipinski definition) is 3. The normalized spacial score (nSPS) is 14.0. The van der Waals surface area contributed by atoms with E-state index >= 15 is 0 Å². The molecule has 0 aliphatic heterocycles. The number of aliphatic hydroxyl groups excluding tert-OH is 1. The summed E-state index contributed by atoms with van der Waals surface area (Å²) in [5.41, 5.74) is 0. The highest BCUT2D eigenvalue weighted by Gasteiger charge is 2.05. The molecule has 0 bridgehead atoms. The molecule has 1 unspecified atom stereocenters. The second kappa shape index (κ2) is 6.12. The molecule has 0 amide bonds. The Labute approximate surface area is 79.7 Å². The van der Waals surface area contributed by atoms with E-state index in [1.165, 1.54) is 6.08 Å². The molecular formula is C8H17NO3S. The maximum atomic E-state index is 11.0. The molecule has 4 nitrogen and oxygen atoms in total. The highest BCUT2D eigenvalue weighted by atomic mass is 32.2. The Balaban J connectivity index is 3.58. The van der Waals surface area contributed by atoms with Gasteiger partial charge in [-0.25, -0.2) is 13.1 Å². The lowest BCUT2D eigenvalue weighted by Crippen LogP contribution is -2.27.